The van der Waals surface area contributed by atoms with Crippen molar-refractivity contribution >= 4 is 30.1 Å². The third-order valence-electron chi connectivity index (χ3n) is 2.72. The van der Waals surface area contributed by atoms with E-state index < -0.39 is 11.1 Å². The van der Waals surface area contributed by atoms with Gasteiger partial charge < -0.3 is 10.4 Å². The first-order chi connectivity index (χ1) is 6.02. The van der Waals surface area contributed by atoms with Crippen molar-refractivity contribution in [3.63, 3.8) is 0 Å². The van der Waals surface area contributed by atoms with Crippen LogP contribution in [0.4, 0.5) is 4.79 Å². The Bertz CT molecular complexity index is 191. The maximum atomic E-state index is 10.5. The topological polar surface area (TPSA) is 49.3 Å². The summed E-state index contributed by atoms with van der Waals surface area (Å²) in [6, 6.07) is 0. The summed E-state index contributed by atoms with van der Waals surface area (Å²) in [7, 11) is 0. The number of halogens is 2. The van der Waals surface area contributed by atoms with Gasteiger partial charge in [0.05, 0.1) is 0 Å². The lowest BCUT2D eigenvalue weighted by atomic mass is 9.84. The Morgan fingerprint density at radius 1 is 1.43 bits per heavy atom. The fourth-order valence-corrected chi connectivity index (χ4v) is 2.25. The first-order valence-corrected chi connectivity index (χ1v) is 5.10. The number of hydrogen-bond acceptors (Lipinski definition) is 1. The van der Waals surface area contributed by atoms with Gasteiger partial charge in [0.2, 0.25) is 0 Å². The van der Waals surface area contributed by atoms with Crippen molar-refractivity contribution in [3.8, 4) is 0 Å². The van der Waals surface area contributed by atoms with Crippen LogP contribution in [-0.2, 0) is 0 Å². The monoisotopic (exact) mass is 241 g/mol. The Hall–Kier alpha value is -0.150. The van der Waals surface area contributed by atoms with E-state index in [0.29, 0.717) is 0 Å². The molecule has 1 amide bonds. The van der Waals surface area contributed by atoms with Crippen molar-refractivity contribution in [2.75, 3.05) is 0 Å². The molecule has 1 fully saturated rings. The van der Waals surface area contributed by atoms with Crippen molar-refractivity contribution in [1.82, 2.24) is 5.32 Å². The minimum atomic E-state index is -1.04. The number of alkyl halides is 1. The number of nitrogens with one attached hydrogen (secondary N) is 1. The summed E-state index contributed by atoms with van der Waals surface area (Å²) in [5.41, 5.74) is 0. The Morgan fingerprint density at radius 3 is 2.36 bits per heavy atom. The molecule has 2 N–H and O–H groups in total. The van der Waals surface area contributed by atoms with E-state index in [4.69, 9.17) is 16.7 Å². The average Bonchev–Trinajstić information content (AvgIpc) is 2.04. The van der Waals surface area contributed by atoms with E-state index in [-0.39, 0.29) is 18.3 Å². The van der Waals surface area contributed by atoms with Gasteiger partial charge in [-0.3, -0.25) is 0 Å². The maximum absolute atomic E-state index is 10.5. The van der Waals surface area contributed by atoms with Gasteiger partial charge in [0.1, 0.15) is 5.00 Å². The molecule has 1 rings (SSSR count). The quantitative estimate of drug-likeness (QED) is 0.577. The Morgan fingerprint density at radius 2 is 1.93 bits per heavy atom. The zero-order valence-corrected chi connectivity index (χ0v) is 9.83. The van der Waals surface area contributed by atoms with Crippen LogP contribution in [0.3, 0.4) is 0 Å². The zero-order valence-electron chi connectivity index (χ0n) is 8.25. The normalized spacial score (nSPS) is 21.9. The van der Waals surface area contributed by atoms with Crippen LogP contribution in [0.1, 0.15) is 39.0 Å². The molecule has 0 aromatic carbocycles. The van der Waals surface area contributed by atoms with Crippen LogP contribution >= 0.6 is 24.0 Å². The van der Waals surface area contributed by atoms with E-state index in [1.54, 1.807) is 6.92 Å². The van der Waals surface area contributed by atoms with Crippen LogP contribution in [0.25, 0.3) is 0 Å². The summed E-state index contributed by atoms with van der Waals surface area (Å²) >= 11 is 6.12. The van der Waals surface area contributed by atoms with Crippen LogP contribution < -0.4 is 5.32 Å². The van der Waals surface area contributed by atoms with Crippen molar-refractivity contribution in [2.24, 2.45) is 5.92 Å². The van der Waals surface area contributed by atoms with Crippen molar-refractivity contribution < 1.29 is 9.90 Å². The van der Waals surface area contributed by atoms with Gasteiger partial charge in [-0.2, -0.15) is 0 Å². The van der Waals surface area contributed by atoms with E-state index in [2.05, 4.69) is 5.32 Å². The molecule has 0 heterocycles. The average molecular weight is 242 g/mol. The minimum absolute atomic E-state index is 0. The zero-order chi connectivity index (χ0) is 9.90. The fourth-order valence-electron chi connectivity index (χ4n) is 1.96. The second-order valence-corrected chi connectivity index (χ2v) is 4.63. The predicted molar refractivity (Wildman–Crippen MR) is 59.2 cm³/mol. The largest absolute Gasteiger partial charge is 0.465 e. The van der Waals surface area contributed by atoms with Crippen LogP contribution in [0, 0.1) is 5.92 Å². The molecule has 1 saturated carbocycles. The summed E-state index contributed by atoms with van der Waals surface area (Å²) in [6.45, 7) is 1.75. The first-order valence-electron chi connectivity index (χ1n) is 4.72. The smallest absolute Gasteiger partial charge is 0.406 e. The minimum Gasteiger partial charge on any atom is -0.465 e. The second kappa shape index (κ2) is 5.66. The molecule has 1 atom stereocenters. The molecule has 0 radical (unpaired) electrons. The van der Waals surface area contributed by atoms with Gasteiger partial charge in [-0.1, -0.05) is 30.9 Å². The highest BCUT2D eigenvalue weighted by Gasteiger charge is 2.34. The van der Waals surface area contributed by atoms with Crippen LogP contribution in [0.2, 0.25) is 0 Å². The number of carboxylic acid groups (broad SMARTS) is 1. The summed E-state index contributed by atoms with van der Waals surface area (Å²) in [6.07, 6.45) is 4.59. The van der Waals surface area contributed by atoms with Gasteiger partial charge in [-0.25, -0.2) is 4.79 Å². The van der Waals surface area contributed by atoms with Crippen molar-refractivity contribution in [3.05, 3.63) is 0 Å². The Balaban J connectivity index is 0.00000169. The van der Waals surface area contributed by atoms with Crippen molar-refractivity contribution in [2.45, 2.75) is 44.0 Å². The molecule has 1 aliphatic rings. The van der Waals surface area contributed by atoms with E-state index >= 15 is 0 Å². The molecule has 1 unspecified atom stereocenters. The highest BCUT2D eigenvalue weighted by atomic mass is 35.5. The van der Waals surface area contributed by atoms with Crippen LogP contribution in [-0.4, -0.2) is 16.2 Å². The van der Waals surface area contributed by atoms with E-state index in [1.807, 2.05) is 0 Å². The van der Waals surface area contributed by atoms with Gasteiger partial charge in [0, 0.05) is 0 Å². The van der Waals surface area contributed by atoms with Crippen molar-refractivity contribution in [1.29, 1.82) is 0 Å². The summed E-state index contributed by atoms with van der Waals surface area (Å²) in [5, 5.41) is 11.0. The molecule has 0 saturated heterocycles. The summed E-state index contributed by atoms with van der Waals surface area (Å²) in [5.74, 6) is 0.277. The standard InChI is InChI=1S/C9H16ClNO2.ClH/c1-9(10,11-8(12)13)7-5-3-2-4-6-7;/h7,11H,2-6H2,1H3,(H,12,13);1H. The molecule has 84 valence electrons. The molecule has 1 aliphatic carbocycles. The van der Waals surface area contributed by atoms with Gasteiger partial charge in [-0.15, -0.1) is 12.4 Å². The molecule has 0 aromatic heterocycles. The van der Waals surface area contributed by atoms with Gasteiger partial charge in [-0.05, 0) is 25.7 Å². The molecular weight excluding hydrogens is 225 g/mol. The second-order valence-electron chi connectivity index (χ2n) is 3.84. The Kier molecular flexibility index (Phi) is 5.60. The highest BCUT2D eigenvalue weighted by Crippen LogP contribution is 2.34. The Labute approximate surface area is 95.6 Å². The lowest BCUT2D eigenvalue weighted by Gasteiger charge is -2.34. The van der Waals surface area contributed by atoms with Gasteiger partial charge in [0.15, 0.2) is 0 Å². The van der Waals surface area contributed by atoms with E-state index in [0.717, 1.165) is 25.7 Å². The summed E-state index contributed by atoms with van der Waals surface area (Å²) in [4.78, 5) is 9.68. The fraction of sp³-hybridized carbons (Fsp3) is 0.889. The molecule has 14 heavy (non-hydrogen) atoms. The van der Waals surface area contributed by atoms with E-state index in [9.17, 15) is 4.79 Å². The number of amides is 1. The first kappa shape index (κ1) is 13.8. The molecule has 3 nitrogen and oxygen atoms in total. The number of carbonyl (C=O) groups is 1. The molecular formula is C9H17Cl2NO2. The summed E-state index contributed by atoms with van der Waals surface area (Å²) < 4.78 is 0. The number of rotatable bonds is 2. The van der Waals surface area contributed by atoms with Gasteiger partial charge >= 0.3 is 6.09 Å². The third-order valence-corrected chi connectivity index (χ3v) is 3.13. The molecule has 0 spiro atoms. The lowest BCUT2D eigenvalue weighted by molar-refractivity contribution is 0.173. The van der Waals surface area contributed by atoms with E-state index in [1.165, 1.54) is 6.42 Å². The number of hydrogen-bond donors (Lipinski definition) is 2. The van der Waals surface area contributed by atoms with Gasteiger partial charge in [0.25, 0.3) is 0 Å². The molecule has 0 bridgehead atoms. The third kappa shape index (κ3) is 3.93. The molecule has 0 aliphatic heterocycles. The highest BCUT2D eigenvalue weighted by molar-refractivity contribution is 6.24. The van der Waals surface area contributed by atoms with Crippen LogP contribution in [0.15, 0.2) is 0 Å². The SMILES string of the molecule is CC(Cl)(NC(=O)O)C1CCCCC1.Cl. The lowest BCUT2D eigenvalue weighted by Crippen LogP contribution is -2.47. The molecule has 5 heteroatoms. The maximum Gasteiger partial charge on any atom is 0.406 e. The predicted octanol–water partition coefficient (Wildman–Crippen LogP) is 3.21. The van der Waals surface area contributed by atoms with Crippen LogP contribution in [0.5, 0.6) is 0 Å². The molecule has 0 aromatic rings.